The van der Waals surface area contributed by atoms with E-state index in [-0.39, 0.29) is 17.5 Å². The molecule has 25 heavy (non-hydrogen) atoms. The molecule has 1 unspecified atom stereocenters. The molecule has 2 heterocycles. The van der Waals surface area contributed by atoms with Crippen molar-refractivity contribution in [2.45, 2.75) is 51.4 Å². The minimum Gasteiger partial charge on any atom is -0.352 e. The Morgan fingerprint density at radius 1 is 1.32 bits per heavy atom. The van der Waals surface area contributed by atoms with Crippen LogP contribution in [0.25, 0.3) is 0 Å². The van der Waals surface area contributed by atoms with E-state index >= 15 is 0 Å². The van der Waals surface area contributed by atoms with E-state index in [0.717, 1.165) is 22.0 Å². The third-order valence-corrected chi connectivity index (χ3v) is 5.64. The molecular weight excluding hydrogens is 334 g/mol. The Kier molecular flexibility index (Phi) is 5.27. The van der Waals surface area contributed by atoms with Crippen molar-refractivity contribution in [2.24, 2.45) is 0 Å². The predicted octanol–water partition coefficient (Wildman–Crippen LogP) is 2.78. The number of thioether (sulfide) groups is 1. The van der Waals surface area contributed by atoms with Gasteiger partial charge in [-0.05, 0) is 25.8 Å². The fraction of sp³-hybridized carbons (Fsp3) is 0.421. The molecule has 0 bridgehead atoms. The van der Waals surface area contributed by atoms with Crippen molar-refractivity contribution in [3.8, 4) is 0 Å². The Morgan fingerprint density at radius 3 is 2.72 bits per heavy atom. The Hall–Kier alpha value is -2.08. The smallest absolute Gasteiger partial charge is 0.257 e. The number of benzene rings is 1. The van der Waals surface area contributed by atoms with Crippen LogP contribution in [0, 0.1) is 13.8 Å². The van der Waals surface area contributed by atoms with Crippen LogP contribution in [0.4, 0.5) is 0 Å². The summed E-state index contributed by atoms with van der Waals surface area (Å²) >= 11 is 1.55. The molecule has 0 radical (unpaired) electrons. The van der Waals surface area contributed by atoms with Crippen LogP contribution in [0.5, 0.6) is 0 Å². The number of rotatable bonds is 5. The van der Waals surface area contributed by atoms with Gasteiger partial charge in [0.15, 0.2) is 5.16 Å². The molecule has 2 aromatic rings. The first-order valence-electron chi connectivity index (χ1n) is 8.56. The zero-order valence-corrected chi connectivity index (χ0v) is 15.7. The molecule has 0 aliphatic carbocycles. The number of aryl methyl sites for hydroxylation is 2. The second-order valence-corrected chi connectivity index (χ2v) is 7.41. The summed E-state index contributed by atoms with van der Waals surface area (Å²) < 4.78 is 1.71. The van der Waals surface area contributed by atoms with Gasteiger partial charge in [0, 0.05) is 30.0 Å². The van der Waals surface area contributed by atoms with E-state index in [1.54, 1.807) is 16.3 Å². The number of nitrogens with one attached hydrogen (secondary N) is 1. The maximum absolute atomic E-state index is 12.7. The van der Waals surface area contributed by atoms with Crippen molar-refractivity contribution in [3.63, 3.8) is 0 Å². The molecule has 132 valence electrons. The molecule has 6 heteroatoms. The van der Waals surface area contributed by atoms with Crippen LogP contribution >= 0.6 is 11.8 Å². The van der Waals surface area contributed by atoms with Crippen molar-refractivity contribution in [2.75, 3.05) is 5.75 Å². The van der Waals surface area contributed by atoms with Crippen LogP contribution in [-0.4, -0.2) is 21.2 Å². The van der Waals surface area contributed by atoms with E-state index in [1.165, 1.54) is 5.56 Å². The van der Waals surface area contributed by atoms with Gasteiger partial charge < -0.3 is 5.32 Å². The van der Waals surface area contributed by atoms with Crippen LogP contribution in [0.15, 0.2) is 34.2 Å². The number of carbonyl (C=O) groups excluding carboxylic acids is 1. The highest BCUT2D eigenvalue weighted by Crippen LogP contribution is 2.32. The summed E-state index contributed by atoms with van der Waals surface area (Å²) in [5.41, 5.74) is 3.82. The SMILES string of the molecule is CCc1c(C)nc2n(c1=O)C(CC(=O)NCc1ccc(C)cc1)CS2. The van der Waals surface area contributed by atoms with Gasteiger partial charge in [0.1, 0.15) is 0 Å². The summed E-state index contributed by atoms with van der Waals surface area (Å²) in [7, 11) is 0. The van der Waals surface area contributed by atoms with Gasteiger partial charge in [-0.1, -0.05) is 48.5 Å². The van der Waals surface area contributed by atoms with Crippen LogP contribution < -0.4 is 10.9 Å². The van der Waals surface area contributed by atoms with Crippen LogP contribution in [0.3, 0.4) is 0 Å². The number of aromatic nitrogens is 2. The second-order valence-electron chi connectivity index (χ2n) is 6.42. The average Bonchev–Trinajstić information content (AvgIpc) is 2.97. The average molecular weight is 357 g/mol. The maximum atomic E-state index is 12.7. The van der Waals surface area contributed by atoms with Crippen LogP contribution in [-0.2, 0) is 17.8 Å². The fourth-order valence-corrected chi connectivity index (χ4v) is 4.25. The van der Waals surface area contributed by atoms with Crippen molar-refractivity contribution in [3.05, 3.63) is 57.0 Å². The van der Waals surface area contributed by atoms with Crippen molar-refractivity contribution in [1.29, 1.82) is 0 Å². The number of hydrogen-bond acceptors (Lipinski definition) is 4. The van der Waals surface area contributed by atoms with E-state index in [4.69, 9.17) is 0 Å². The third kappa shape index (κ3) is 3.79. The monoisotopic (exact) mass is 357 g/mol. The molecule has 5 nitrogen and oxygen atoms in total. The summed E-state index contributed by atoms with van der Waals surface area (Å²) in [6, 6.07) is 7.97. The van der Waals surface area contributed by atoms with Crippen LogP contribution in [0.2, 0.25) is 0 Å². The summed E-state index contributed by atoms with van der Waals surface area (Å²) in [5.74, 6) is 0.678. The fourth-order valence-electron chi connectivity index (χ4n) is 3.07. The van der Waals surface area contributed by atoms with Gasteiger partial charge in [-0.3, -0.25) is 14.2 Å². The van der Waals surface area contributed by atoms with Crippen molar-refractivity contribution >= 4 is 17.7 Å². The molecule has 1 aliphatic heterocycles. The highest BCUT2D eigenvalue weighted by atomic mass is 32.2. The molecule has 0 saturated carbocycles. The molecule has 3 rings (SSSR count). The normalized spacial score (nSPS) is 15.9. The van der Waals surface area contributed by atoms with E-state index in [0.29, 0.717) is 25.1 Å². The van der Waals surface area contributed by atoms with Crippen molar-refractivity contribution in [1.82, 2.24) is 14.9 Å². The number of nitrogens with zero attached hydrogens (tertiary/aromatic N) is 2. The van der Waals surface area contributed by atoms with Gasteiger partial charge in [0.25, 0.3) is 5.56 Å². The van der Waals surface area contributed by atoms with Gasteiger partial charge in [0.2, 0.25) is 5.91 Å². The lowest BCUT2D eigenvalue weighted by molar-refractivity contribution is -0.121. The number of amides is 1. The van der Waals surface area contributed by atoms with E-state index in [1.807, 2.05) is 45.0 Å². The summed E-state index contributed by atoms with van der Waals surface area (Å²) in [6.07, 6.45) is 0.967. The molecule has 1 aromatic carbocycles. The Bertz CT molecular complexity index is 843. The minimum atomic E-state index is -0.121. The largest absolute Gasteiger partial charge is 0.352 e. The zero-order valence-electron chi connectivity index (χ0n) is 14.8. The summed E-state index contributed by atoms with van der Waals surface area (Å²) in [6.45, 7) is 6.38. The maximum Gasteiger partial charge on any atom is 0.257 e. The van der Waals surface area contributed by atoms with Gasteiger partial charge >= 0.3 is 0 Å². The minimum absolute atomic E-state index is 0.00587. The number of carbonyl (C=O) groups is 1. The van der Waals surface area contributed by atoms with Gasteiger partial charge in [-0.25, -0.2) is 4.98 Å². The Morgan fingerprint density at radius 2 is 2.04 bits per heavy atom. The summed E-state index contributed by atoms with van der Waals surface area (Å²) in [4.78, 5) is 29.6. The molecule has 1 aliphatic rings. The second kappa shape index (κ2) is 7.44. The lowest BCUT2D eigenvalue weighted by Crippen LogP contribution is -2.32. The molecule has 1 N–H and O–H groups in total. The molecule has 0 spiro atoms. The predicted molar refractivity (Wildman–Crippen MR) is 100 cm³/mol. The highest BCUT2D eigenvalue weighted by Gasteiger charge is 2.28. The molecule has 1 aromatic heterocycles. The highest BCUT2D eigenvalue weighted by molar-refractivity contribution is 7.99. The molecule has 1 atom stereocenters. The topological polar surface area (TPSA) is 64.0 Å². The van der Waals surface area contributed by atoms with Gasteiger partial charge in [-0.2, -0.15) is 0 Å². The van der Waals surface area contributed by atoms with Gasteiger partial charge in [0.05, 0.1) is 6.04 Å². The molecular formula is C19H23N3O2S. The van der Waals surface area contributed by atoms with E-state index in [9.17, 15) is 9.59 Å². The quantitative estimate of drug-likeness (QED) is 0.836. The third-order valence-electron chi connectivity index (χ3n) is 4.54. The first-order valence-corrected chi connectivity index (χ1v) is 9.55. The zero-order chi connectivity index (χ0) is 18.0. The molecule has 0 saturated heterocycles. The first-order chi connectivity index (χ1) is 12.0. The van der Waals surface area contributed by atoms with Gasteiger partial charge in [-0.15, -0.1) is 0 Å². The van der Waals surface area contributed by atoms with E-state index < -0.39 is 0 Å². The lowest BCUT2D eigenvalue weighted by Gasteiger charge is -2.15. The van der Waals surface area contributed by atoms with E-state index in [2.05, 4.69) is 10.3 Å². The lowest BCUT2D eigenvalue weighted by atomic mass is 10.1. The Labute approximate surface area is 151 Å². The standard InChI is InChI=1S/C19H23N3O2S/c1-4-16-13(3)21-19-22(18(16)24)15(11-25-19)9-17(23)20-10-14-7-5-12(2)6-8-14/h5-8,15H,4,9-11H2,1-3H3,(H,20,23). The van der Waals surface area contributed by atoms with Crippen LogP contribution in [0.1, 0.15) is 41.8 Å². The molecule has 1 amide bonds. The molecule has 0 fully saturated rings. The summed E-state index contributed by atoms with van der Waals surface area (Å²) in [5, 5.41) is 3.68. The number of fused-ring (bicyclic) bond motifs is 1. The number of hydrogen-bond donors (Lipinski definition) is 1. The first kappa shape index (κ1) is 17.7. The Balaban J connectivity index is 1.68. The van der Waals surface area contributed by atoms with Crippen molar-refractivity contribution < 1.29 is 4.79 Å².